The number of nitrogens with zero attached hydrogens (tertiary/aromatic N) is 1. The van der Waals surface area contributed by atoms with Gasteiger partial charge in [-0.25, -0.2) is 4.39 Å². The van der Waals surface area contributed by atoms with E-state index in [1.54, 1.807) is 19.2 Å². The molecule has 1 saturated heterocycles. The molecule has 144 valence electrons. The fourth-order valence-electron chi connectivity index (χ4n) is 4.03. The summed E-state index contributed by atoms with van der Waals surface area (Å²) < 4.78 is 18.5. The van der Waals surface area contributed by atoms with Crippen molar-refractivity contribution in [1.29, 1.82) is 0 Å². The monoisotopic (exact) mass is 371 g/mol. The topological polar surface area (TPSA) is 49.8 Å². The van der Waals surface area contributed by atoms with Crippen molar-refractivity contribution >= 4 is 5.91 Å². The Morgan fingerprint density at radius 1 is 1.19 bits per heavy atom. The number of likely N-dealkylation sites (tertiary alicyclic amines) is 1. The van der Waals surface area contributed by atoms with Gasteiger partial charge in [0.2, 0.25) is 5.91 Å². The standard InChI is InChI=1S/C22H26FNO3/c1-16(17-3-9-20(27-2)10-4-17)24-13-11-22(12-14-25,15-21(24)26)18-5-7-19(23)8-6-18/h3-10,16,25H,11-15H2,1-2H3/t16-,22+/m1/s1. The Labute approximate surface area is 159 Å². The maximum Gasteiger partial charge on any atom is 0.223 e. The Balaban J connectivity index is 1.79. The van der Waals surface area contributed by atoms with Gasteiger partial charge in [-0.15, -0.1) is 0 Å². The van der Waals surface area contributed by atoms with E-state index in [0.717, 1.165) is 23.3 Å². The minimum atomic E-state index is -0.435. The van der Waals surface area contributed by atoms with Crippen molar-refractivity contribution in [3.05, 3.63) is 65.5 Å². The Morgan fingerprint density at radius 3 is 2.41 bits per heavy atom. The van der Waals surface area contributed by atoms with E-state index in [1.165, 1.54) is 12.1 Å². The molecule has 1 aliphatic rings. The van der Waals surface area contributed by atoms with E-state index in [1.807, 2.05) is 36.1 Å². The molecule has 1 amide bonds. The van der Waals surface area contributed by atoms with Gasteiger partial charge in [-0.3, -0.25) is 4.79 Å². The van der Waals surface area contributed by atoms with Gasteiger partial charge in [0.25, 0.3) is 0 Å². The quantitative estimate of drug-likeness (QED) is 0.839. The van der Waals surface area contributed by atoms with Gasteiger partial charge in [0.1, 0.15) is 11.6 Å². The Bertz CT molecular complexity index is 775. The van der Waals surface area contributed by atoms with Gasteiger partial charge in [-0.1, -0.05) is 24.3 Å². The van der Waals surface area contributed by atoms with E-state index in [0.29, 0.717) is 19.4 Å². The summed E-state index contributed by atoms with van der Waals surface area (Å²) in [6, 6.07) is 14.0. The lowest BCUT2D eigenvalue weighted by atomic mass is 9.70. The molecule has 1 N–H and O–H groups in total. The molecular weight excluding hydrogens is 345 g/mol. The van der Waals surface area contributed by atoms with Gasteiger partial charge in [0, 0.05) is 25.0 Å². The number of rotatable bonds is 6. The van der Waals surface area contributed by atoms with Crippen molar-refractivity contribution < 1.29 is 19.0 Å². The van der Waals surface area contributed by atoms with E-state index < -0.39 is 5.41 Å². The van der Waals surface area contributed by atoms with Gasteiger partial charge in [0.15, 0.2) is 0 Å². The summed E-state index contributed by atoms with van der Waals surface area (Å²) in [5.74, 6) is 0.548. The average molecular weight is 371 g/mol. The highest BCUT2D eigenvalue weighted by molar-refractivity contribution is 5.79. The SMILES string of the molecule is COc1ccc([C@@H](C)N2CC[C@@](CCO)(c3ccc(F)cc3)CC2=O)cc1. The number of methoxy groups -OCH3 is 1. The van der Waals surface area contributed by atoms with Crippen LogP contribution >= 0.6 is 0 Å². The average Bonchev–Trinajstić information content (AvgIpc) is 2.68. The molecule has 0 aromatic heterocycles. The van der Waals surface area contributed by atoms with Crippen molar-refractivity contribution in [2.24, 2.45) is 0 Å². The third-order valence-electron chi connectivity index (χ3n) is 5.75. The summed E-state index contributed by atoms with van der Waals surface area (Å²) in [5.41, 5.74) is 1.54. The molecule has 4 nitrogen and oxygen atoms in total. The third kappa shape index (κ3) is 3.98. The van der Waals surface area contributed by atoms with Crippen LogP contribution in [0.4, 0.5) is 4.39 Å². The molecule has 1 fully saturated rings. The van der Waals surface area contributed by atoms with Crippen molar-refractivity contribution in [3.63, 3.8) is 0 Å². The summed E-state index contributed by atoms with van der Waals surface area (Å²) in [7, 11) is 1.63. The zero-order valence-electron chi connectivity index (χ0n) is 15.8. The van der Waals surface area contributed by atoms with Gasteiger partial charge in [-0.05, 0) is 55.2 Å². The minimum absolute atomic E-state index is 0.00130. The summed E-state index contributed by atoms with van der Waals surface area (Å²) in [6.45, 7) is 2.62. The van der Waals surface area contributed by atoms with Crippen molar-refractivity contribution in [2.75, 3.05) is 20.3 Å². The number of benzene rings is 2. The highest BCUT2D eigenvalue weighted by Gasteiger charge is 2.41. The Kier molecular flexibility index (Phi) is 5.80. The van der Waals surface area contributed by atoms with E-state index in [-0.39, 0.29) is 24.4 Å². The first kappa shape index (κ1) is 19.4. The molecule has 0 radical (unpaired) electrons. The lowest BCUT2D eigenvalue weighted by Crippen LogP contribution is -2.47. The summed E-state index contributed by atoms with van der Waals surface area (Å²) in [4.78, 5) is 14.9. The summed E-state index contributed by atoms with van der Waals surface area (Å²) in [5, 5.41) is 9.58. The van der Waals surface area contributed by atoms with Crippen LogP contribution in [0.3, 0.4) is 0 Å². The molecule has 3 rings (SSSR count). The number of hydrogen-bond donors (Lipinski definition) is 1. The predicted octanol–water partition coefficient (Wildman–Crippen LogP) is 3.84. The van der Waals surface area contributed by atoms with E-state index in [2.05, 4.69) is 0 Å². The summed E-state index contributed by atoms with van der Waals surface area (Å²) >= 11 is 0. The minimum Gasteiger partial charge on any atom is -0.497 e. The predicted molar refractivity (Wildman–Crippen MR) is 102 cm³/mol. The van der Waals surface area contributed by atoms with E-state index in [9.17, 15) is 14.3 Å². The maximum absolute atomic E-state index is 13.3. The van der Waals surface area contributed by atoms with Crippen LogP contribution in [0.5, 0.6) is 5.75 Å². The van der Waals surface area contributed by atoms with Crippen LogP contribution in [0.2, 0.25) is 0 Å². The first-order valence-electron chi connectivity index (χ1n) is 9.29. The second-order valence-corrected chi connectivity index (χ2v) is 7.22. The van der Waals surface area contributed by atoms with Crippen LogP contribution in [0.1, 0.15) is 43.4 Å². The van der Waals surface area contributed by atoms with Crippen molar-refractivity contribution in [1.82, 2.24) is 4.90 Å². The molecule has 0 unspecified atom stereocenters. The van der Waals surface area contributed by atoms with Crippen LogP contribution in [0.25, 0.3) is 0 Å². The Morgan fingerprint density at radius 2 is 1.85 bits per heavy atom. The molecule has 1 heterocycles. The lowest BCUT2D eigenvalue weighted by molar-refractivity contribution is -0.138. The third-order valence-corrected chi connectivity index (χ3v) is 5.75. The zero-order chi connectivity index (χ0) is 19.4. The summed E-state index contributed by atoms with van der Waals surface area (Å²) in [6.07, 6.45) is 1.56. The number of aliphatic hydroxyl groups is 1. The number of piperidine rings is 1. The fraction of sp³-hybridized carbons (Fsp3) is 0.409. The van der Waals surface area contributed by atoms with Gasteiger partial charge >= 0.3 is 0 Å². The van der Waals surface area contributed by atoms with E-state index in [4.69, 9.17) is 4.74 Å². The molecule has 0 saturated carbocycles. The van der Waals surface area contributed by atoms with Crippen LogP contribution in [0.15, 0.2) is 48.5 Å². The van der Waals surface area contributed by atoms with Gasteiger partial charge in [0.05, 0.1) is 13.2 Å². The second-order valence-electron chi connectivity index (χ2n) is 7.22. The van der Waals surface area contributed by atoms with Crippen LogP contribution in [-0.2, 0) is 10.2 Å². The molecule has 5 heteroatoms. The fourth-order valence-corrected chi connectivity index (χ4v) is 4.03. The van der Waals surface area contributed by atoms with Gasteiger partial charge in [-0.2, -0.15) is 0 Å². The van der Waals surface area contributed by atoms with Crippen molar-refractivity contribution in [2.45, 2.75) is 37.6 Å². The molecular formula is C22H26FNO3. The molecule has 2 atom stereocenters. The number of hydrogen-bond acceptors (Lipinski definition) is 3. The van der Waals surface area contributed by atoms with E-state index >= 15 is 0 Å². The van der Waals surface area contributed by atoms with Crippen LogP contribution in [0, 0.1) is 5.82 Å². The van der Waals surface area contributed by atoms with Crippen molar-refractivity contribution in [3.8, 4) is 5.75 Å². The zero-order valence-corrected chi connectivity index (χ0v) is 15.8. The van der Waals surface area contributed by atoms with Crippen LogP contribution in [-0.4, -0.2) is 36.2 Å². The normalized spacial score (nSPS) is 21.2. The number of amides is 1. The molecule has 2 aromatic carbocycles. The molecule has 0 aliphatic carbocycles. The number of halogens is 1. The number of carbonyl (C=O) groups excluding carboxylic acids is 1. The molecule has 0 spiro atoms. The molecule has 27 heavy (non-hydrogen) atoms. The first-order chi connectivity index (χ1) is 13.0. The highest BCUT2D eigenvalue weighted by atomic mass is 19.1. The highest BCUT2D eigenvalue weighted by Crippen LogP contribution is 2.41. The Hall–Kier alpha value is -2.40. The second kappa shape index (κ2) is 8.09. The first-order valence-corrected chi connectivity index (χ1v) is 9.29. The molecule has 1 aliphatic heterocycles. The number of ether oxygens (including phenoxy) is 1. The molecule has 0 bridgehead atoms. The number of carbonyl (C=O) groups is 1. The van der Waals surface area contributed by atoms with Gasteiger partial charge < -0.3 is 14.7 Å². The van der Waals surface area contributed by atoms with Crippen LogP contribution < -0.4 is 4.74 Å². The smallest absolute Gasteiger partial charge is 0.223 e. The lowest BCUT2D eigenvalue weighted by Gasteiger charge is -2.43. The number of aliphatic hydroxyl groups excluding tert-OH is 1. The molecule has 2 aromatic rings. The largest absolute Gasteiger partial charge is 0.497 e. The maximum atomic E-state index is 13.3.